The highest BCUT2D eigenvalue weighted by molar-refractivity contribution is 5.88. The summed E-state index contributed by atoms with van der Waals surface area (Å²) >= 11 is 0. The lowest BCUT2D eigenvalue weighted by molar-refractivity contribution is -0.223. The first-order chi connectivity index (χ1) is 12.9. The molecular weight excluding hydrogens is 368 g/mol. The summed E-state index contributed by atoms with van der Waals surface area (Å²) < 4.78 is 11.3. The third-order valence-electron chi connectivity index (χ3n) is 7.95. The van der Waals surface area contributed by atoms with Crippen molar-refractivity contribution < 1.29 is 39.8 Å². The van der Waals surface area contributed by atoms with Gasteiger partial charge in [0.15, 0.2) is 17.3 Å². The number of carbonyl (C=O) groups excluding carboxylic acids is 1. The Morgan fingerprint density at radius 1 is 1.07 bits per heavy atom. The fourth-order valence-electron chi connectivity index (χ4n) is 6.02. The van der Waals surface area contributed by atoms with E-state index in [4.69, 9.17) is 9.47 Å². The van der Waals surface area contributed by atoms with Crippen LogP contribution in [-0.4, -0.2) is 79.3 Å². The zero-order chi connectivity index (χ0) is 20.8. The lowest BCUT2D eigenvalue weighted by Gasteiger charge is -2.55. The second-order valence-electron chi connectivity index (χ2n) is 9.50. The van der Waals surface area contributed by atoms with E-state index in [-0.39, 0.29) is 12.8 Å². The van der Waals surface area contributed by atoms with E-state index in [1.165, 1.54) is 0 Å². The predicted octanol–water partition coefficient (Wildman–Crippen LogP) is -0.744. The van der Waals surface area contributed by atoms with Gasteiger partial charge in [0, 0.05) is 17.8 Å². The van der Waals surface area contributed by atoms with Gasteiger partial charge in [0.05, 0.1) is 30.5 Å². The smallest absolute Gasteiger partial charge is 0.342 e. The Morgan fingerprint density at radius 2 is 1.71 bits per heavy atom. The van der Waals surface area contributed by atoms with Gasteiger partial charge < -0.3 is 35.0 Å². The molecule has 0 bridgehead atoms. The first-order valence-corrected chi connectivity index (χ1v) is 9.90. The van der Waals surface area contributed by atoms with Crippen LogP contribution in [0.1, 0.15) is 40.5 Å². The van der Waals surface area contributed by atoms with Crippen molar-refractivity contribution >= 4 is 5.97 Å². The molecule has 11 atom stereocenters. The molecule has 2 saturated heterocycles. The van der Waals surface area contributed by atoms with Crippen LogP contribution >= 0.6 is 0 Å². The molecule has 4 rings (SSSR count). The van der Waals surface area contributed by atoms with Crippen LogP contribution in [0.4, 0.5) is 0 Å². The number of aliphatic hydroxyl groups is 5. The van der Waals surface area contributed by atoms with Gasteiger partial charge in [0.2, 0.25) is 0 Å². The number of epoxide rings is 1. The van der Waals surface area contributed by atoms with Crippen molar-refractivity contribution in [2.75, 3.05) is 0 Å². The maximum absolute atomic E-state index is 12.4. The Balaban J connectivity index is 1.90. The maximum Gasteiger partial charge on any atom is 0.342 e. The first-order valence-electron chi connectivity index (χ1n) is 9.90. The van der Waals surface area contributed by atoms with Gasteiger partial charge in [-0.3, -0.25) is 0 Å². The molecule has 8 heteroatoms. The van der Waals surface area contributed by atoms with E-state index in [9.17, 15) is 30.3 Å². The summed E-state index contributed by atoms with van der Waals surface area (Å²) in [6.45, 7) is 6.66. The van der Waals surface area contributed by atoms with Gasteiger partial charge >= 0.3 is 5.97 Å². The van der Waals surface area contributed by atoms with E-state index in [0.29, 0.717) is 5.57 Å². The highest BCUT2D eigenvalue weighted by Gasteiger charge is 2.86. The molecule has 0 radical (unpaired) electrons. The lowest BCUT2D eigenvalue weighted by Crippen LogP contribution is -2.66. The van der Waals surface area contributed by atoms with E-state index < -0.39 is 71.0 Å². The van der Waals surface area contributed by atoms with Crippen molar-refractivity contribution in [2.24, 2.45) is 17.3 Å². The molecule has 5 N–H and O–H groups in total. The second kappa shape index (κ2) is 6.00. The van der Waals surface area contributed by atoms with Crippen LogP contribution < -0.4 is 0 Å². The summed E-state index contributed by atoms with van der Waals surface area (Å²) in [6, 6.07) is 0. The van der Waals surface area contributed by atoms with Crippen LogP contribution in [0, 0.1) is 17.3 Å². The number of ether oxygens (including phenoxy) is 2. The van der Waals surface area contributed by atoms with Gasteiger partial charge in [0.25, 0.3) is 0 Å². The molecule has 8 nitrogen and oxygen atoms in total. The standard InChI is InChI=1S/C20H30O8/c1-8-5-11(22)15(24)18(3)12(23)7-10(21)9(2)14(18)16(25)20-13(6-8)27-17(26)19(20,4)28-20/h6,9-16,21-25H,5,7H2,1-4H3/b8-6-/t9-,10-,11-,12-,13-,14+,15-,16-,18-,19+,20-/m0/s1. The van der Waals surface area contributed by atoms with E-state index in [1.807, 2.05) is 0 Å². The Morgan fingerprint density at radius 3 is 2.32 bits per heavy atom. The zero-order valence-corrected chi connectivity index (χ0v) is 16.6. The van der Waals surface area contributed by atoms with Gasteiger partial charge in [-0.2, -0.15) is 0 Å². The molecule has 3 fully saturated rings. The Hall–Kier alpha value is -1.03. The number of fused-ring (bicyclic) bond motifs is 1. The van der Waals surface area contributed by atoms with Crippen LogP contribution in [0.3, 0.4) is 0 Å². The minimum Gasteiger partial charge on any atom is -0.453 e. The zero-order valence-electron chi connectivity index (χ0n) is 16.6. The van der Waals surface area contributed by atoms with Crippen molar-refractivity contribution in [3.8, 4) is 0 Å². The van der Waals surface area contributed by atoms with Gasteiger partial charge in [-0.15, -0.1) is 0 Å². The lowest BCUT2D eigenvalue weighted by atomic mass is 9.53. The number of hydrogen-bond acceptors (Lipinski definition) is 8. The van der Waals surface area contributed by atoms with Crippen LogP contribution in [0.5, 0.6) is 0 Å². The first kappa shape index (κ1) is 20.3. The molecule has 2 aliphatic carbocycles. The largest absolute Gasteiger partial charge is 0.453 e. The molecular formula is C20H30O8. The van der Waals surface area contributed by atoms with Crippen LogP contribution in [0.2, 0.25) is 0 Å². The van der Waals surface area contributed by atoms with E-state index in [1.54, 1.807) is 33.8 Å². The predicted molar refractivity (Wildman–Crippen MR) is 95.9 cm³/mol. The third kappa shape index (κ3) is 2.24. The number of esters is 1. The summed E-state index contributed by atoms with van der Waals surface area (Å²) in [5.41, 5.74) is -3.34. The molecule has 0 amide bonds. The van der Waals surface area contributed by atoms with Crippen molar-refractivity contribution in [1.29, 1.82) is 0 Å². The van der Waals surface area contributed by atoms with Gasteiger partial charge in [-0.25, -0.2) is 4.79 Å². The topological polar surface area (TPSA) is 140 Å². The minimum atomic E-state index is -1.36. The molecule has 4 aliphatic rings. The monoisotopic (exact) mass is 398 g/mol. The summed E-state index contributed by atoms with van der Waals surface area (Å²) in [7, 11) is 0. The molecule has 2 heterocycles. The number of rotatable bonds is 0. The SMILES string of the molecule is C/C1=C/[C@@H]2OC(=O)[C@@]3(C)O[C@]23[C@@H](O)[C@H]2[C@@H](C)[C@@H](O)C[C@H](O)[C@]2(C)[C@@H](O)[C@@H](O)C1. The summed E-state index contributed by atoms with van der Waals surface area (Å²) in [4.78, 5) is 12.4. The summed E-state index contributed by atoms with van der Waals surface area (Å²) in [5.74, 6) is -1.94. The minimum absolute atomic E-state index is 0.0173. The van der Waals surface area contributed by atoms with Crippen molar-refractivity contribution in [2.45, 2.75) is 88.4 Å². The number of carbonyl (C=O) groups is 1. The average Bonchev–Trinajstić information content (AvgIpc) is 3.20. The van der Waals surface area contributed by atoms with Crippen molar-refractivity contribution in [1.82, 2.24) is 0 Å². The highest BCUT2D eigenvalue weighted by Crippen LogP contribution is 2.64. The molecule has 158 valence electrons. The molecule has 0 aromatic carbocycles. The quantitative estimate of drug-likeness (QED) is 0.204. The molecule has 0 aromatic heterocycles. The van der Waals surface area contributed by atoms with Crippen molar-refractivity contribution in [3.63, 3.8) is 0 Å². The summed E-state index contributed by atoms with van der Waals surface area (Å²) in [5, 5.41) is 54.6. The van der Waals surface area contributed by atoms with E-state index in [0.717, 1.165) is 0 Å². The summed E-state index contributed by atoms with van der Waals surface area (Å²) in [6.07, 6.45) is -5.00. The normalized spacial score (nSPS) is 60.6. The number of hydrogen-bond donors (Lipinski definition) is 5. The van der Waals surface area contributed by atoms with Crippen LogP contribution in [0.25, 0.3) is 0 Å². The molecule has 1 saturated carbocycles. The fraction of sp³-hybridized carbons (Fsp3) is 0.850. The van der Waals surface area contributed by atoms with E-state index >= 15 is 0 Å². The second-order valence-corrected chi connectivity index (χ2v) is 9.50. The average molecular weight is 398 g/mol. The van der Waals surface area contributed by atoms with Gasteiger partial charge in [-0.1, -0.05) is 19.4 Å². The highest BCUT2D eigenvalue weighted by atomic mass is 16.7. The van der Waals surface area contributed by atoms with Crippen molar-refractivity contribution in [3.05, 3.63) is 11.6 Å². The third-order valence-corrected chi connectivity index (χ3v) is 7.95. The molecule has 0 aromatic rings. The van der Waals surface area contributed by atoms with Gasteiger partial charge in [0.1, 0.15) is 0 Å². The molecule has 28 heavy (non-hydrogen) atoms. The fourth-order valence-corrected chi connectivity index (χ4v) is 6.02. The maximum atomic E-state index is 12.4. The van der Waals surface area contributed by atoms with Gasteiger partial charge in [-0.05, 0) is 32.3 Å². The number of aliphatic hydroxyl groups excluding tert-OH is 5. The molecule has 1 spiro atoms. The van der Waals surface area contributed by atoms with E-state index in [2.05, 4.69) is 0 Å². The molecule has 0 unspecified atom stereocenters. The Kier molecular flexibility index (Phi) is 4.34. The Bertz CT molecular complexity index is 723. The molecule has 2 aliphatic heterocycles. The van der Waals surface area contributed by atoms with Crippen LogP contribution in [0.15, 0.2) is 11.6 Å². The van der Waals surface area contributed by atoms with Crippen LogP contribution in [-0.2, 0) is 14.3 Å². The Labute approximate surface area is 163 Å².